The van der Waals surface area contributed by atoms with Crippen LogP contribution in [0.15, 0.2) is 16.7 Å². The van der Waals surface area contributed by atoms with E-state index in [0.717, 1.165) is 31.7 Å². The molecule has 2 unspecified atom stereocenters. The largest absolute Gasteiger partial charge is 0.469 e. The number of rotatable bonds is 1. The maximum absolute atomic E-state index is 12.3. The van der Waals surface area contributed by atoms with E-state index in [1.54, 1.807) is 12.3 Å². The Bertz CT molecular complexity index is 413. The number of likely N-dealkylation sites (tertiary alicyclic amines) is 1. The van der Waals surface area contributed by atoms with E-state index >= 15 is 0 Å². The second-order valence-corrected chi connectivity index (χ2v) is 4.68. The van der Waals surface area contributed by atoms with Crippen molar-refractivity contribution in [2.75, 3.05) is 13.1 Å². The van der Waals surface area contributed by atoms with Gasteiger partial charge >= 0.3 is 0 Å². The average Bonchev–Trinajstić information content (AvgIpc) is 2.82. The monoisotopic (exact) mass is 220 g/mol. The topological polar surface area (TPSA) is 45.5 Å². The van der Waals surface area contributed by atoms with Crippen molar-refractivity contribution in [2.24, 2.45) is 0 Å². The van der Waals surface area contributed by atoms with E-state index in [1.807, 2.05) is 11.8 Å². The van der Waals surface area contributed by atoms with Gasteiger partial charge in [0.2, 0.25) is 0 Å². The number of carbonyl (C=O) groups is 1. The molecule has 2 bridgehead atoms. The molecular formula is C12H16N2O2. The Morgan fingerprint density at radius 3 is 3.19 bits per heavy atom. The lowest BCUT2D eigenvalue weighted by molar-refractivity contribution is 0.0734. The van der Waals surface area contributed by atoms with Gasteiger partial charge in [-0.25, -0.2) is 0 Å². The lowest BCUT2D eigenvalue weighted by atomic mass is 10.0. The van der Waals surface area contributed by atoms with Gasteiger partial charge in [0.25, 0.3) is 5.91 Å². The summed E-state index contributed by atoms with van der Waals surface area (Å²) < 4.78 is 5.19. The molecule has 86 valence electrons. The molecule has 1 aromatic heterocycles. The molecule has 4 heteroatoms. The molecule has 0 aliphatic carbocycles. The lowest BCUT2D eigenvalue weighted by Crippen LogP contribution is -2.36. The first kappa shape index (κ1) is 9.90. The summed E-state index contributed by atoms with van der Waals surface area (Å²) >= 11 is 0. The van der Waals surface area contributed by atoms with Crippen molar-refractivity contribution in [1.82, 2.24) is 10.2 Å². The number of aryl methyl sites for hydroxylation is 1. The van der Waals surface area contributed by atoms with Crippen molar-refractivity contribution in [3.05, 3.63) is 23.7 Å². The molecule has 0 radical (unpaired) electrons. The Morgan fingerprint density at radius 2 is 2.50 bits per heavy atom. The second-order valence-electron chi connectivity index (χ2n) is 4.68. The number of hydrogen-bond acceptors (Lipinski definition) is 3. The molecule has 1 amide bonds. The third-order valence-electron chi connectivity index (χ3n) is 3.68. The highest BCUT2D eigenvalue weighted by atomic mass is 16.3. The Labute approximate surface area is 94.6 Å². The number of hydrogen-bond donors (Lipinski definition) is 1. The van der Waals surface area contributed by atoms with Crippen molar-refractivity contribution in [3.63, 3.8) is 0 Å². The van der Waals surface area contributed by atoms with Crippen molar-refractivity contribution >= 4 is 5.91 Å². The standard InChI is InChI=1S/C12H16N2O2/c1-8-11(3-5-16-8)12(15)14-7-9-6-10(14)2-4-13-9/h3,5,9-10,13H,2,4,6-7H2,1H3. The number of nitrogens with zero attached hydrogens (tertiary/aromatic N) is 1. The van der Waals surface area contributed by atoms with Crippen LogP contribution in [-0.4, -0.2) is 36.0 Å². The molecule has 2 fully saturated rings. The van der Waals surface area contributed by atoms with E-state index < -0.39 is 0 Å². The molecule has 2 saturated heterocycles. The summed E-state index contributed by atoms with van der Waals surface area (Å²) in [7, 11) is 0. The van der Waals surface area contributed by atoms with Crippen molar-refractivity contribution in [2.45, 2.75) is 31.8 Å². The van der Waals surface area contributed by atoms with Gasteiger partial charge in [0.15, 0.2) is 0 Å². The van der Waals surface area contributed by atoms with Crippen LogP contribution in [0.2, 0.25) is 0 Å². The normalized spacial score (nSPS) is 28.4. The zero-order chi connectivity index (χ0) is 11.1. The summed E-state index contributed by atoms with van der Waals surface area (Å²) in [5, 5.41) is 3.44. The van der Waals surface area contributed by atoms with E-state index in [9.17, 15) is 4.79 Å². The molecular weight excluding hydrogens is 204 g/mol. The Kier molecular flexibility index (Phi) is 2.24. The first-order valence-electron chi connectivity index (χ1n) is 5.84. The first-order chi connectivity index (χ1) is 7.75. The first-order valence-corrected chi connectivity index (χ1v) is 5.84. The molecule has 1 aromatic rings. The summed E-state index contributed by atoms with van der Waals surface area (Å²) in [5.41, 5.74) is 0.715. The van der Waals surface area contributed by atoms with Crippen LogP contribution in [0.25, 0.3) is 0 Å². The van der Waals surface area contributed by atoms with Gasteiger partial charge in [0.05, 0.1) is 11.8 Å². The number of furan rings is 1. The van der Waals surface area contributed by atoms with Gasteiger partial charge in [0.1, 0.15) is 5.76 Å². The highest BCUT2D eigenvalue weighted by Crippen LogP contribution is 2.26. The van der Waals surface area contributed by atoms with Crippen LogP contribution in [0.3, 0.4) is 0 Å². The molecule has 2 aliphatic heterocycles. The van der Waals surface area contributed by atoms with E-state index in [-0.39, 0.29) is 5.91 Å². The zero-order valence-electron chi connectivity index (χ0n) is 9.40. The highest BCUT2D eigenvalue weighted by Gasteiger charge is 2.38. The Morgan fingerprint density at radius 1 is 1.62 bits per heavy atom. The average molecular weight is 220 g/mol. The molecule has 2 aliphatic rings. The van der Waals surface area contributed by atoms with Gasteiger partial charge in [0, 0.05) is 18.6 Å². The van der Waals surface area contributed by atoms with E-state index in [0.29, 0.717) is 17.6 Å². The van der Waals surface area contributed by atoms with Crippen LogP contribution in [0.4, 0.5) is 0 Å². The minimum atomic E-state index is 0.127. The smallest absolute Gasteiger partial charge is 0.257 e. The molecule has 2 atom stereocenters. The number of nitrogens with one attached hydrogen (secondary N) is 1. The maximum Gasteiger partial charge on any atom is 0.257 e. The summed E-state index contributed by atoms with van der Waals surface area (Å²) in [6.07, 6.45) is 3.75. The number of piperidine rings is 1. The van der Waals surface area contributed by atoms with Gasteiger partial charge in [-0.15, -0.1) is 0 Å². The summed E-state index contributed by atoms with van der Waals surface area (Å²) in [4.78, 5) is 14.3. The SMILES string of the molecule is Cc1occc1C(=O)N1CC2CC1CCN2. The summed E-state index contributed by atoms with van der Waals surface area (Å²) in [5.74, 6) is 0.849. The Balaban J connectivity index is 1.83. The van der Waals surface area contributed by atoms with Crippen LogP contribution >= 0.6 is 0 Å². The molecule has 1 N–H and O–H groups in total. The van der Waals surface area contributed by atoms with Crippen LogP contribution in [-0.2, 0) is 0 Å². The predicted octanol–water partition coefficient (Wildman–Crippen LogP) is 1.16. The second kappa shape index (κ2) is 3.63. The molecule has 16 heavy (non-hydrogen) atoms. The molecule has 3 heterocycles. The third kappa shape index (κ3) is 1.45. The predicted molar refractivity (Wildman–Crippen MR) is 59.3 cm³/mol. The lowest BCUT2D eigenvalue weighted by Gasteiger charge is -2.24. The fraction of sp³-hybridized carbons (Fsp3) is 0.583. The van der Waals surface area contributed by atoms with E-state index in [1.165, 1.54) is 0 Å². The molecule has 3 rings (SSSR count). The van der Waals surface area contributed by atoms with Crippen molar-refractivity contribution < 1.29 is 9.21 Å². The summed E-state index contributed by atoms with van der Waals surface area (Å²) in [6, 6.07) is 2.69. The molecule has 4 nitrogen and oxygen atoms in total. The minimum Gasteiger partial charge on any atom is -0.469 e. The minimum absolute atomic E-state index is 0.127. The number of amides is 1. The quantitative estimate of drug-likeness (QED) is 0.772. The van der Waals surface area contributed by atoms with Crippen LogP contribution in [0, 0.1) is 6.92 Å². The van der Waals surface area contributed by atoms with Gasteiger partial charge in [-0.1, -0.05) is 0 Å². The molecule has 0 aromatic carbocycles. The van der Waals surface area contributed by atoms with Gasteiger partial charge in [-0.2, -0.15) is 0 Å². The zero-order valence-corrected chi connectivity index (χ0v) is 9.40. The van der Waals surface area contributed by atoms with Crippen molar-refractivity contribution in [3.8, 4) is 0 Å². The van der Waals surface area contributed by atoms with E-state index in [2.05, 4.69) is 5.32 Å². The third-order valence-corrected chi connectivity index (χ3v) is 3.68. The van der Waals surface area contributed by atoms with E-state index in [4.69, 9.17) is 4.42 Å². The summed E-state index contributed by atoms with van der Waals surface area (Å²) in [6.45, 7) is 3.71. The number of carbonyl (C=O) groups excluding carboxylic acids is 1. The van der Waals surface area contributed by atoms with Crippen LogP contribution in [0.1, 0.15) is 29.0 Å². The van der Waals surface area contributed by atoms with Gasteiger partial charge < -0.3 is 14.6 Å². The van der Waals surface area contributed by atoms with Gasteiger partial charge in [-0.3, -0.25) is 4.79 Å². The van der Waals surface area contributed by atoms with Crippen LogP contribution < -0.4 is 5.32 Å². The number of fused-ring (bicyclic) bond motifs is 2. The Hall–Kier alpha value is -1.29. The van der Waals surface area contributed by atoms with Crippen LogP contribution in [0.5, 0.6) is 0 Å². The fourth-order valence-electron chi connectivity index (χ4n) is 2.80. The highest BCUT2D eigenvalue weighted by molar-refractivity contribution is 5.95. The van der Waals surface area contributed by atoms with Gasteiger partial charge in [-0.05, 0) is 32.4 Å². The maximum atomic E-state index is 12.3. The van der Waals surface area contributed by atoms with Crippen molar-refractivity contribution in [1.29, 1.82) is 0 Å². The molecule has 0 spiro atoms. The molecule has 0 saturated carbocycles. The fourth-order valence-corrected chi connectivity index (χ4v) is 2.80.